The van der Waals surface area contributed by atoms with Gasteiger partial charge in [-0.25, -0.2) is 4.79 Å². The molecule has 0 aliphatic rings. The number of urea groups is 1. The van der Waals surface area contributed by atoms with Crippen molar-refractivity contribution in [2.45, 2.75) is 46.5 Å². The first-order chi connectivity index (χ1) is 7.64. The van der Waals surface area contributed by atoms with Crippen molar-refractivity contribution in [3.8, 4) is 0 Å². The molecule has 0 spiro atoms. The van der Waals surface area contributed by atoms with Crippen molar-refractivity contribution in [1.29, 1.82) is 0 Å². The van der Waals surface area contributed by atoms with Crippen molar-refractivity contribution in [3.63, 3.8) is 0 Å². The molecule has 0 rings (SSSR count). The maximum atomic E-state index is 11.4. The van der Waals surface area contributed by atoms with Crippen LogP contribution in [0.2, 0.25) is 0 Å². The van der Waals surface area contributed by atoms with Crippen LogP contribution in [0.15, 0.2) is 0 Å². The first-order valence-electron chi connectivity index (χ1n) is 6.26. The third-order valence-electron chi connectivity index (χ3n) is 3.49. The fourth-order valence-electron chi connectivity index (χ4n) is 1.74. The summed E-state index contributed by atoms with van der Waals surface area (Å²) in [6.07, 6.45) is 3.85. The van der Waals surface area contributed by atoms with Crippen LogP contribution in [0.3, 0.4) is 0 Å². The number of carbonyl (C=O) groups excluding carboxylic acids is 1. The summed E-state index contributed by atoms with van der Waals surface area (Å²) in [4.78, 5) is 11.4. The van der Waals surface area contributed by atoms with Crippen molar-refractivity contribution < 1.29 is 9.90 Å². The zero-order chi connectivity index (χ0) is 12.4. The quantitative estimate of drug-likeness (QED) is 0.558. The Kier molecular flexibility index (Phi) is 7.99. The maximum Gasteiger partial charge on any atom is 0.314 e. The lowest BCUT2D eigenvalue weighted by Crippen LogP contribution is -2.42. The van der Waals surface area contributed by atoms with Gasteiger partial charge in [0.2, 0.25) is 0 Å². The molecule has 0 aliphatic carbocycles. The Morgan fingerprint density at radius 2 is 1.69 bits per heavy atom. The van der Waals surface area contributed by atoms with Gasteiger partial charge in [-0.3, -0.25) is 0 Å². The average molecular weight is 230 g/mol. The molecule has 4 nitrogen and oxygen atoms in total. The molecule has 0 saturated heterocycles. The summed E-state index contributed by atoms with van der Waals surface area (Å²) in [6.45, 7) is 7.86. The van der Waals surface area contributed by atoms with Crippen LogP contribution in [0, 0.1) is 5.41 Å². The van der Waals surface area contributed by atoms with Gasteiger partial charge in [-0.2, -0.15) is 0 Å². The number of carbonyl (C=O) groups is 1. The van der Waals surface area contributed by atoms with Crippen LogP contribution in [0.25, 0.3) is 0 Å². The fraction of sp³-hybridized carbons (Fsp3) is 0.917. The van der Waals surface area contributed by atoms with E-state index in [1.54, 1.807) is 0 Å². The van der Waals surface area contributed by atoms with Crippen molar-refractivity contribution >= 4 is 6.03 Å². The highest BCUT2D eigenvalue weighted by atomic mass is 16.3. The molecule has 0 bridgehead atoms. The molecule has 0 aromatic carbocycles. The minimum Gasteiger partial charge on any atom is -0.396 e. The number of amides is 2. The van der Waals surface area contributed by atoms with Crippen molar-refractivity contribution in [3.05, 3.63) is 0 Å². The Morgan fingerprint density at radius 3 is 2.12 bits per heavy atom. The number of aliphatic hydroxyl groups excluding tert-OH is 1. The van der Waals surface area contributed by atoms with Crippen LogP contribution in [0.5, 0.6) is 0 Å². The van der Waals surface area contributed by atoms with Crippen LogP contribution < -0.4 is 10.6 Å². The predicted molar refractivity (Wildman–Crippen MR) is 66.4 cm³/mol. The second kappa shape index (κ2) is 8.39. The Balaban J connectivity index is 3.87. The lowest BCUT2D eigenvalue weighted by Gasteiger charge is -2.30. The minimum absolute atomic E-state index is 0.114. The Bertz CT molecular complexity index is 183. The van der Waals surface area contributed by atoms with E-state index >= 15 is 0 Å². The van der Waals surface area contributed by atoms with Gasteiger partial charge >= 0.3 is 6.03 Å². The number of hydrogen-bond acceptors (Lipinski definition) is 2. The molecule has 0 unspecified atom stereocenters. The summed E-state index contributed by atoms with van der Waals surface area (Å²) in [5.41, 5.74) is 0.230. The van der Waals surface area contributed by atoms with E-state index in [0.717, 1.165) is 25.8 Å². The van der Waals surface area contributed by atoms with Gasteiger partial charge in [-0.05, 0) is 31.1 Å². The highest BCUT2D eigenvalue weighted by Gasteiger charge is 2.24. The van der Waals surface area contributed by atoms with Gasteiger partial charge in [0.1, 0.15) is 0 Å². The van der Waals surface area contributed by atoms with E-state index in [1.165, 1.54) is 0 Å². The van der Waals surface area contributed by atoms with E-state index < -0.39 is 0 Å². The van der Waals surface area contributed by atoms with Crippen LogP contribution in [0.1, 0.15) is 46.5 Å². The van der Waals surface area contributed by atoms with Crippen molar-refractivity contribution in [2.24, 2.45) is 5.41 Å². The lowest BCUT2D eigenvalue weighted by atomic mass is 9.80. The third-order valence-corrected chi connectivity index (χ3v) is 3.49. The molecule has 96 valence electrons. The molecule has 0 fully saturated rings. The van der Waals surface area contributed by atoms with Gasteiger partial charge in [0.25, 0.3) is 0 Å². The molecular formula is C12H26N2O2. The maximum absolute atomic E-state index is 11.4. The van der Waals surface area contributed by atoms with Crippen LogP contribution in [0.4, 0.5) is 4.79 Å². The third kappa shape index (κ3) is 5.35. The minimum atomic E-state index is -0.131. The van der Waals surface area contributed by atoms with Gasteiger partial charge < -0.3 is 15.7 Å². The van der Waals surface area contributed by atoms with Crippen molar-refractivity contribution in [2.75, 3.05) is 19.7 Å². The average Bonchev–Trinajstić information content (AvgIpc) is 2.32. The molecule has 0 aliphatic heterocycles. The molecular weight excluding hydrogens is 204 g/mol. The Hall–Kier alpha value is -0.770. The molecule has 2 amide bonds. The topological polar surface area (TPSA) is 61.4 Å². The van der Waals surface area contributed by atoms with Gasteiger partial charge in [0.15, 0.2) is 0 Å². The van der Waals surface area contributed by atoms with E-state index in [4.69, 9.17) is 5.11 Å². The van der Waals surface area contributed by atoms with E-state index in [9.17, 15) is 4.79 Å². The van der Waals surface area contributed by atoms with Gasteiger partial charge in [0.05, 0.1) is 0 Å². The Morgan fingerprint density at radius 1 is 1.12 bits per heavy atom. The first-order valence-corrected chi connectivity index (χ1v) is 6.26. The normalized spacial score (nSPS) is 11.2. The summed E-state index contributed by atoms with van der Waals surface area (Å²) >= 11 is 0. The molecule has 0 heterocycles. The summed E-state index contributed by atoms with van der Waals surface area (Å²) < 4.78 is 0. The predicted octanol–water partition coefficient (Wildman–Crippen LogP) is 1.88. The van der Waals surface area contributed by atoms with Gasteiger partial charge in [-0.1, -0.05) is 20.8 Å². The van der Waals surface area contributed by atoms with E-state index in [1.807, 2.05) is 0 Å². The number of aliphatic hydroxyl groups is 1. The standard InChI is InChI=1S/C12H26N2O2/c1-4-12(5-2,6-3)10-14-11(16)13-8-7-9-15/h15H,4-10H2,1-3H3,(H2,13,14,16). The summed E-state index contributed by atoms with van der Waals surface area (Å²) in [5.74, 6) is 0. The van der Waals surface area contributed by atoms with Gasteiger partial charge in [-0.15, -0.1) is 0 Å². The fourth-order valence-corrected chi connectivity index (χ4v) is 1.74. The first kappa shape index (κ1) is 15.2. The molecule has 16 heavy (non-hydrogen) atoms. The number of nitrogens with one attached hydrogen (secondary N) is 2. The molecule has 3 N–H and O–H groups in total. The van der Waals surface area contributed by atoms with E-state index in [2.05, 4.69) is 31.4 Å². The van der Waals surface area contributed by atoms with Crippen molar-refractivity contribution in [1.82, 2.24) is 10.6 Å². The van der Waals surface area contributed by atoms with Crippen LogP contribution in [-0.4, -0.2) is 30.8 Å². The smallest absolute Gasteiger partial charge is 0.314 e. The molecule has 0 radical (unpaired) electrons. The molecule has 0 saturated carbocycles. The number of hydrogen-bond donors (Lipinski definition) is 3. The second-order valence-electron chi connectivity index (χ2n) is 4.25. The van der Waals surface area contributed by atoms with E-state index in [-0.39, 0.29) is 18.1 Å². The molecule has 4 heteroatoms. The van der Waals surface area contributed by atoms with E-state index in [0.29, 0.717) is 13.0 Å². The summed E-state index contributed by atoms with van der Waals surface area (Å²) in [6, 6.07) is -0.131. The summed E-state index contributed by atoms with van der Waals surface area (Å²) in [7, 11) is 0. The largest absolute Gasteiger partial charge is 0.396 e. The second-order valence-corrected chi connectivity index (χ2v) is 4.25. The monoisotopic (exact) mass is 230 g/mol. The summed E-state index contributed by atoms with van der Waals surface area (Å²) in [5, 5.41) is 14.2. The Labute approximate surface area is 98.8 Å². The highest BCUT2D eigenvalue weighted by molar-refractivity contribution is 5.73. The van der Waals surface area contributed by atoms with Crippen LogP contribution >= 0.6 is 0 Å². The zero-order valence-corrected chi connectivity index (χ0v) is 10.8. The highest BCUT2D eigenvalue weighted by Crippen LogP contribution is 2.29. The number of rotatable bonds is 8. The molecule has 0 aromatic heterocycles. The SMILES string of the molecule is CCC(CC)(CC)CNC(=O)NCCCO. The lowest BCUT2D eigenvalue weighted by molar-refractivity contribution is 0.214. The molecule has 0 atom stereocenters. The van der Waals surface area contributed by atoms with Crippen LogP contribution in [-0.2, 0) is 0 Å². The zero-order valence-electron chi connectivity index (χ0n) is 10.8. The molecule has 0 aromatic rings. The van der Waals surface area contributed by atoms with Gasteiger partial charge in [0, 0.05) is 19.7 Å².